The molecule has 30 heavy (non-hydrogen) atoms. The minimum Gasteiger partial charge on any atom is -0.496 e. The van der Waals surface area contributed by atoms with Crippen molar-refractivity contribution in [1.82, 2.24) is 0 Å². The molecule has 3 rings (SSSR count). The second kappa shape index (κ2) is 9.17. The van der Waals surface area contributed by atoms with E-state index in [-0.39, 0.29) is 11.5 Å². The summed E-state index contributed by atoms with van der Waals surface area (Å²) in [4.78, 5) is 23.7. The van der Waals surface area contributed by atoms with Crippen LogP contribution in [-0.4, -0.2) is 40.4 Å². The molecule has 2 aromatic rings. The maximum absolute atomic E-state index is 12.2. The van der Waals surface area contributed by atoms with E-state index in [1.807, 2.05) is 30.4 Å². The molecule has 0 amide bonds. The average Bonchev–Trinajstić information content (AvgIpc) is 2.80. The molecule has 0 saturated heterocycles. The van der Waals surface area contributed by atoms with Gasteiger partial charge in [-0.3, -0.25) is 0 Å². The molecule has 1 aliphatic heterocycles. The number of hydrogen-bond donors (Lipinski definition) is 0. The van der Waals surface area contributed by atoms with Crippen LogP contribution in [0.2, 0.25) is 0 Å². The quantitative estimate of drug-likeness (QED) is 0.670. The number of benzene rings is 2. The first-order valence-corrected chi connectivity index (χ1v) is 9.13. The third kappa shape index (κ3) is 4.15. The molecule has 0 fully saturated rings. The lowest BCUT2D eigenvalue weighted by Gasteiger charge is -2.22. The molecule has 0 radical (unpaired) electrons. The number of carbonyl (C=O) groups excluding carboxylic acids is 2. The van der Waals surface area contributed by atoms with Crippen molar-refractivity contribution in [3.63, 3.8) is 0 Å². The molecule has 1 heterocycles. The summed E-state index contributed by atoms with van der Waals surface area (Å²) in [5.74, 6) is 0.926. The number of hydrogen-bond acceptors (Lipinski definition) is 7. The molecule has 156 valence electrons. The summed E-state index contributed by atoms with van der Waals surface area (Å²) >= 11 is 0. The number of fused-ring (bicyclic) bond motifs is 1. The molecular formula is C23H22O7. The Labute approximate surface area is 174 Å². The maximum atomic E-state index is 12.2. The van der Waals surface area contributed by atoms with E-state index >= 15 is 0 Å². The molecule has 7 heteroatoms. The van der Waals surface area contributed by atoms with E-state index < -0.39 is 5.97 Å². The summed E-state index contributed by atoms with van der Waals surface area (Å²) in [6, 6.07) is 8.67. The molecule has 0 aliphatic carbocycles. The van der Waals surface area contributed by atoms with Gasteiger partial charge < -0.3 is 23.7 Å². The third-order valence-corrected chi connectivity index (χ3v) is 4.63. The first kappa shape index (κ1) is 21.0. The second-order valence-corrected chi connectivity index (χ2v) is 6.31. The molecular weight excluding hydrogens is 388 g/mol. The van der Waals surface area contributed by atoms with Crippen LogP contribution in [0.15, 0.2) is 48.2 Å². The van der Waals surface area contributed by atoms with Gasteiger partial charge in [0, 0.05) is 18.1 Å². The normalized spacial score (nSPS) is 12.5. The van der Waals surface area contributed by atoms with Gasteiger partial charge in [-0.1, -0.05) is 18.2 Å². The Hall–Kier alpha value is -3.74. The largest absolute Gasteiger partial charge is 0.496 e. The van der Waals surface area contributed by atoms with Crippen LogP contribution in [0.4, 0.5) is 0 Å². The van der Waals surface area contributed by atoms with Crippen LogP contribution in [-0.2, 0) is 15.9 Å². The van der Waals surface area contributed by atoms with Crippen LogP contribution < -0.4 is 14.2 Å². The number of ether oxygens (including phenoxy) is 5. The summed E-state index contributed by atoms with van der Waals surface area (Å²) in [5, 5.41) is 0. The van der Waals surface area contributed by atoms with Crippen molar-refractivity contribution in [2.75, 3.05) is 28.4 Å². The van der Waals surface area contributed by atoms with Gasteiger partial charge in [0.2, 0.25) is 0 Å². The molecule has 0 aromatic heterocycles. The van der Waals surface area contributed by atoms with Crippen LogP contribution in [0.25, 0.3) is 6.08 Å². The monoisotopic (exact) mass is 410 g/mol. The van der Waals surface area contributed by atoms with E-state index in [1.54, 1.807) is 18.2 Å². The molecule has 0 atom stereocenters. The number of carbonyl (C=O) groups is 2. The van der Waals surface area contributed by atoms with Gasteiger partial charge in [0.05, 0.1) is 34.0 Å². The van der Waals surface area contributed by atoms with Crippen molar-refractivity contribution in [2.24, 2.45) is 0 Å². The van der Waals surface area contributed by atoms with Crippen LogP contribution in [0.5, 0.6) is 17.2 Å². The molecule has 0 unspecified atom stereocenters. The number of allylic oxidation sites excluding steroid dienone is 2. The van der Waals surface area contributed by atoms with Gasteiger partial charge in [-0.05, 0) is 29.8 Å². The van der Waals surface area contributed by atoms with Crippen LogP contribution in [0.3, 0.4) is 0 Å². The van der Waals surface area contributed by atoms with Crippen molar-refractivity contribution in [3.05, 3.63) is 70.5 Å². The van der Waals surface area contributed by atoms with Crippen molar-refractivity contribution in [2.45, 2.75) is 6.42 Å². The summed E-state index contributed by atoms with van der Waals surface area (Å²) < 4.78 is 26.3. The molecule has 1 aliphatic rings. The zero-order valence-electron chi connectivity index (χ0n) is 17.2. The Bertz CT molecular complexity index is 1020. The average molecular weight is 410 g/mol. The Morgan fingerprint density at radius 3 is 2.23 bits per heavy atom. The fourth-order valence-electron chi connectivity index (χ4n) is 3.12. The van der Waals surface area contributed by atoms with Crippen LogP contribution in [0.1, 0.15) is 31.8 Å². The van der Waals surface area contributed by atoms with Gasteiger partial charge in [-0.2, -0.15) is 0 Å². The Balaban J connectivity index is 1.85. The topological polar surface area (TPSA) is 80.3 Å². The Morgan fingerprint density at radius 2 is 1.63 bits per heavy atom. The molecule has 7 nitrogen and oxygen atoms in total. The van der Waals surface area contributed by atoms with E-state index in [9.17, 15) is 9.59 Å². The maximum Gasteiger partial charge on any atom is 0.345 e. The Kier molecular flexibility index (Phi) is 6.41. The molecule has 2 aromatic carbocycles. The number of esters is 2. The van der Waals surface area contributed by atoms with Gasteiger partial charge in [0.25, 0.3) is 0 Å². The highest BCUT2D eigenvalue weighted by molar-refractivity contribution is 5.97. The van der Waals surface area contributed by atoms with E-state index in [0.29, 0.717) is 35.0 Å². The van der Waals surface area contributed by atoms with Gasteiger partial charge >= 0.3 is 11.9 Å². The highest BCUT2D eigenvalue weighted by Gasteiger charge is 2.27. The summed E-state index contributed by atoms with van der Waals surface area (Å²) in [5.41, 5.74) is 2.34. The van der Waals surface area contributed by atoms with Crippen molar-refractivity contribution < 1.29 is 33.3 Å². The minimum atomic E-state index is -0.545. The van der Waals surface area contributed by atoms with Gasteiger partial charge in [0.1, 0.15) is 28.6 Å². The predicted octanol–water partition coefficient (Wildman–Crippen LogP) is 3.81. The highest BCUT2D eigenvalue weighted by Crippen LogP contribution is 2.42. The fraction of sp³-hybridized carbons (Fsp3) is 0.217. The zero-order chi connectivity index (χ0) is 21.7. The predicted molar refractivity (Wildman–Crippen MR) is 110 cm³/mol. The summed E-state index contributed by atoms with van der Waals surface area (Å²) in [6.45, 7) is 0. The number of rotatable bonds is 6. The van der Waals surface area contributed by atoms with E-state index in [2.05, 4.69) is 0 Å². The SMILES string of the molecule is COC(=O)c1ccc(C=CC2=CCc3c(cc(OC)c(C(=O)OC)c3OC)O2)cc1. The zero-order valence-corrected chi connectivity index (χ0v) is 17.2. The smallest absolute Gasteiger partial charge is 0.345 e. The van der Waals surface area contributed by atoms with Gasteiger partial charge in [0.15, 0.2) is 0 Å². The lowest BCUT2D eigenvalue weighted by Crippen LogP contribution is -2.12. The third-order valence-electron chi connectivity index (χ3n) is 4.63. The summed E-state index contributed by atoms with van der Waals surface area (Å²) in [6.07, 6.45) is 6.09. The molecule has 0 spiro atoms. The van der Waals surface area contributed by atoms with Crippen molar-refractivity contribution >= 4 is 18.0 Å². The number of methoxy groups -OCH3 is 4. The van der Waals surface area contributed by atoms with E-state index in [0.717, 1.165) is 11.1 Å². The Morgan fingerprint density at radius 1 is 0.933 bits per heavy atom. The van der Waals surface area contributed by atoms with Crippen LogP contribution in [0, 0.1) is 0 Å². The first-order chi connectivity index (χ1) is 14.5. The van der Waals surface area contributed by atoms with E-state index in [1.165, 1.54) is 28.4 Å². The lowest BCUT2D eigenvalue weighted by atomic mass is 10.0. The first-order valence-electron chi connectivity index (χ1n) is 9.13. The van der Waals surface area contributed by atoms with E-state index in [4.69, 9.17) is 23.7 Å². The standard InChI is InChI=1S/C23H22O7/c1-26-19-13-18-17(21(27-2)20(19)23(25)29-4)12-11-16(30-18)10-7-14-5-8-15(9-6-14)22(24)28-3/h5-11,13H,12H2,1-4H3. The van der Waals surface area contributed by atoms with Crippen molar-refractivity contribution in [3.8, 4) is 17.2 Å². The minimum absolute atomic E-state index is 0.225. The molecule has 0 N–H and O–H groups in total. The molecule has 0 bridgehead atoms. The fourth-order valence-corrected chi connectivity index (χ4v) is 3.12. The highest BCUT2D eigenvalue weighted by atomic mass is 16.5. The van der Waals surface area contributed by atoms with Gasteiger partial charge in [-0.25, -0.2) is 9.59 Å². The lowest BCUT2D eigenvalue weighted by molar-refractivity contribution is 0.0587. The second-order valence-electron chi connectivity index (χ2n) is 6.31. The van der Waals surface area contributed by atoms with Crippen molar-refractivity contribution in [1.29, 1.82) is 0 Å². The van der Waals surface area contributed by atoms with Crippen LogP contribution >= 0.6 is 0 Å². The van der Waals surface area contributed by atoms with Gasteiger partial charge in [-0.15, -0.1) is 0 Å². The molecule has 0 saturated carbocycles. The summed E-state index contributed by atoms with van der Waals surface area (Å²) in [7, 11) is 5.60.